The second-order valence-corrected chi connectivity index (χ2v) is 5.83. The molecule has 0 fully saturated rings. The molecule has 86 valence electrons. The Hall–Kier alpha value is 0.110. The summed E-state index contributed by atoms with van der Waals surface area (Å²) in [6, 6.07) is 0. The summed E-state index contributed by atoms with van der Waals surface area (Å²) >= 11 is 0. The molecule has 5 heteroatoms. The summed E-state index contributed by atoms with van der Waals surface area (Å²) in [5, 5.41) is 9.56. The number of rotatable bonds is 6. The van der Waals surface area contributed by atoms with Crippen LogP contribution in [0.15, 0.2) is 0 Å². The van der Waals surface area contributed by atoms with Crippen molar-refractivity contribution in [1.82, 2.24) is 0 Å². The summed E-state index contributed by atoms with van der Waals surface area (Å²) in [5.74, 6) is -1.03. The van der Waals surface area contributed by atoms with Gasteiger partial charge >= 0.3 is 7.60 Å². The highest BCUT2D eigenvalue weighted by Gasteiger charge is 2.35. The lowest BCUT2D eigenvalue weighted by Gasteiger charge is -2.25. The summed E-state index contributed by atoms with van der Waals surface area (Å²) in [4.78, 5) is 0. The van der Waals surface area contributed by atoms with Crippen LogP contribution in [-0.4, -0.2) is 23.2 Å². The molecule has 0 aliphatic carbocycles. The van der Waals surface area contributed by atoms with Crippen molar-refractivity contribution in [3.8, 4) is 0 Å². The molecule has 0 aromatic rings. The van der Waals surface area contributed by atoms with Gasteiger partial charge in [0.05, 0.1) is 12.2 Å². The van der Waals surface area contributed by atoms with E-state index in [9.17, 15) is 9.67 Å². The maximum Gasteiger partial charge on any atom is 0.359 e. The topological polar surface area (TPSA) is 55.8 Å². The zero-order chi connectivity index (χ0) is 11.4. The minimum atomic E-state index is -3.37. The largest absolute Gasteiger partial charge is 0.380 e. The summed E-state index contributed by atoms with van der Waals surface area (Å²) in [6.45, 7) is 8.79. The van der Waals surface area contributed by atoms with Crippen molar-refractivity contribution in [1.29, 1.82) is 0 Å². The third-order valence-electron chi connectivity index (χ3n) is 1.45. The summed E-state index contributed by atoms with van der Waals surface area (Å²) in [5.41, 5.74) is 0. The predicted octanol–water partition coefficient (Wildman–Crippen LogP) is 2.76. The van der Waals surface area contributed by atoms with Gasteiger partial charge in [-0.25, -0.2) is 0 Å². The van der Waals surface area contributed by atoms with E-state index in [2.05, 4.69) is 0 Å². The van der Waals surface area contributed by atoms with Crippen LogP contribution in [0.3, 0.4) is 0 Å². The summed E-state index contributed by atoms with van der Waals surface area (Å²) in [7, 11) is -3.37. The first-order valence-corrected chi connectivity index (χ1v) is 6.57. The Labute approximate surface area is 86.1 Å². The number of aliphatic hydroxyl groups is 1. The van der Waals surface area contributed by atoms with E-state index in [1.54, 1.807) is 34.6 Å². The van der Waals surface area contributed by atoms with Gasteiger partial charge in [-0.2, -0.15) is 0 Å². The molecule has 14 heavy (non-hydrogen) atoms. The van der Waals surface area contributed by atoms with Gasteiger partial charge in [-0.3, -0.25) is 4.57 Å². The quantitative estimate of drug-likeness (QED) is 0.705. The molecular weight excluding hydrogens is 203 g/mol. The highest BCUT2D eigenvalue weighted by atomic mass is 31.2. The number of hydrogen-bond donors (Lipinski definition) is 1. The molecule has 0 radical (unpaired) electrons. The lowest BCUT2D eigenvalue weighted by molar-refractivity contribution is 0.0997. The Bertz CT molecular complexity index is 189. The maximum absolute atomic E-state index is 12.1. The standard InChI is InChI=1S/C9H21O4P/c1-6-9(10)14(11,12-7(2)3)13-8(4)5/h7-10H,6H2,1-5H3. The van der Waals surface area contributed by atoms with E-state index in [4.69, 9.17) is 9.05 Å². The van der Waals surface area contributed by atoms with Gasteiger partial charge in [0.25, 0.3) is 0 Å². The van der Waals surface area contributed by atoms with Gasteiger partial charge in [-0.05, 0) is 34.1 Å². The van der Waals surface area contributed by atoms with E-state index >= 15 is 0 Å². The van der Waals surface area contributed by atoms with Crippen LogP contribution < -0.4 is 0 Å². The molecule has 0 aromatic heterocycles. The van der Waals surface area contributed by atoms with E-state index in [0.717, 1.165) is 0 Å². The van der Waals surface area contributed by atoms with Crippen molar-refractivity contribution in [3.63, 3.8) is 0 Å². The zero-order valence-corrected chi connectivity index (χ0v) is 10.5. The van der Waals surface area contributed by atoms with Gasteiger partial charge in [0.1, 0.15) is 0 Å². The van der Waals surface area contributed by atoms with Gasteiger partial charge in [0.15, 0.2) is 5.85 Å². The van der Waals surface area contributed by atoms with E-state index in [1.165, 1.54) is 0 Å². The van der Waals surface area contributed by atoms with Crippen LogP contribution in [-0.2, 0) is 13.6 Å². The Morgan fingerprint density at radius 3 is 1.71 bits per heavy atom. The van der Waals surface area contributed by atoms with Gasteiger partial charge in [-0.1, -0.05) is 6.92 Å². The second kappa shape index (κ2) is 5.86. The molecule has 0 aromatic carbocycles. The SMILES string of the molecule is CCC(O)P(=O)(OC(C)C)OC(C)C. The zero-order valence-electron chi connectivity index (χ0n) is 9.56. The first kappa shape index (κ1) is 14.1. The first-order valence-electron chi connectivity index (χ1n) is 4.96. The Morgan fingerprint density at radius 2 is 1.50 bits per heavy atom. The Balaban J connectivity index is 4.58. The average molecular weight is 224 g/mol. The molecule has 0 amide bonds. The highest BCUT2D eigenvalue weighted by molar-refractivity contribution is 7.54. The molecule has 0 bridgehead atoms. The van der Waals surface area contributed by atoms with Crippen molar-refractivity contribution in [2.24, 2.45) is 0 Å². The normalized spacial score (nSPS) is 15.1. The number of hydrogen-bond acceptors (Lipinski definition) is 4. The molecule has 0 aliphatic rings. The van der Waals surface area contributed by atoms with Crippen LogP contribution in [0.5, 0.6) is 0 Å². The second-order valence-electron chi connectivity index (χ2n) is 3.74. The monoisotopic (exact) mass is 224 g/mol. The predicted molar refractivity (Wildman–Crippen MR) is 56.3 cm³/mol. The molecule has 4 nitrogen and oxygen atoms in total. The van der Waals surface area contributed by atoms with Crippen molar-refractivity contribution in [3.05, 3.63) is 0 Å². The molecular formula is C9H21O4P. The third-order valence-corrected chi connectivity index (χ3v) is 3.97. The fraction of sp³-hybridized carbons (Fsp3) is 1.00. The van der Waals surface area contributed by atoms with Crippen LogP contribution in [0.2, 0.25) is 0 Å². The van der Waals surface area contributed by atoms with Crippen LogP contribution in [0, 0.1) is 0 Å². The molecule has 0 aliphatic heterocycles. The Kier molecular flexibility index (Phi) is 5.91. The lowest BCUT2D eigenvalue weighted by atomic mass is 10.5. The fourth-order valence-electron chi connectivity index (χ4n) is 0.977. The minimum Gasteiger partial charge on any atom is -0.380 e. The van der Waals surface area contributed by atoms with Crippen molar-refractivity contribution in [2.45, 2.75) is 59.1 Å². The molecule has 0 saturated carbocycles. The first-order chi connectivity index (χ1) is 6.31. The summed E-state index contributed by atoms with van der Waals surface area (Å²) < 4.78 is 22.4. The highest BCUT2D eigenvalue weighted by Crippen LogP contribution is 2.54. The van der Waals surface area contributed by atoms with Gasteiger partial charge < -0.3 is 14.2 Å². The third kappa shape index (κ3) is 4.56. The molecule has 0 rings (SSSR count). The summed E-state index contributed by atoms with van der Waals surface area (Å²) in [6.07, 6.45) is -0.0851. The van der Waals surface area contributed by atoms with Gasteiger partial charge in [0, 0.05) is 0 Å². The van der Waals surface area contributed by atoms with Crippen molar-refractivity contribution < 1.29 is 18.7 Å². The maximum atomic E-state index is 12.1. The van der Waals surface area contributed by atoms with Gasteiger partial charge in [-0.15, -0.1) is 0 Å². The molecule has 0 saturated heterocycles. The lowest BCUT2D eigenvalue weighted by Crippen LogP contribution is -2.17. The smallest absolute Gasteiger partial charge is 0.359 e. The molecule has 0 heterocycles. The number of aliphatic hydroxyl groups excluding tert-OH is 1. The van der Waals surface area contributed by atoms with E-state index in [-0.39, 0.29) is 12.2 Å². The molecule has 1 atom stereocenters. The molecule has 1 unspecified atom stereocenters. The van der Waals surface area contributed by atoms with E-state index < -0.39 is 13.4 Å². The van der Waals surface area contributed by atoms with Crippen molar-refractivity contribution in [2.75, 3.05) is 0 Å². The van der Waals surface area contributed by atoms with Crippen LogP contribution in [0.4, 0.5) is 0 Å². The van der Waals surface area contributed by atoms with Crippen LogP contribution in [0.25, 0.3) is 0 Å². The average Bonchev–Trinajstić information content (AvgIpc) is 1.99. The van der Waals surface area contributed by atoms with Crippen LogP contribution in [0.1, 0.15) is 41.0 Å². The fourth-order valence-corrected chi connectivity index (χ4v) is 2.93. The van der Waals surface area contributed by atoms with Crippen molar-refractivity contribution >= 4 is 7.60 Å². The van der Waals surface area contributed by atoms with E-state index in [1.807, 2.05) is 0 Å². The van der Waals surface area contributed by atoms with Gasteiger partial charge in [0.2, 0.25) is 0 Å². The Morgan fingerprint density at radius 1 is 1.14 bits per heavy atom. The molecule has 0 spiro atoms. The molecule has 1 N–H and O–H groups in total. The van der Waals surface area contributed by atoms with Crippen LogP contribution >= 0.6 is 7.60 Å². The van der Waals surface area contributed by atoms with E-state index in [0.29, 0.717) is 6.42 Å². The minimum absolute atomic E-state index is 0.221.